The van der Waals surface area contributed by atoms with E-state index in [0.29, 0.717) is 66.3 Å². The smallest absolute Gasteiger partial charge is 0.263 e. The van der Waals surface area contributed by atoms with E-state index < -0.39 is 0 Å². The van der Waals surface area contributed by atoms with Crippen LogP contribution in [0.1, 0.15) is 11.3 Å². The first-order valence-corrected chi connectivity index (χ1v) is 11.4. The van der Waals surface area contributed by atoms with E-state index in [4.69, 9.17) is 28.5 Å². The third-order valence-corrected chi connectivity index (χ3v) is 5.86. The standard InChI is InChI=1S/C26H29N3O7/c1-31-20-6-5-18(14-21(20)32-2)25(28-36-16-24(30)29-9-11-35-12-10-29)26-19-15-23(34-4)22(33-3)13-17(19)7-8-27-26/h5-8,13-15H,9-12,16H2,1-4H3/b28-25+. The van der Waals surface area contributed by atoms with Gasteiger partial charge in [0.25, 0.3) is 5.91 Å². The minimum Gasteiger partial charge on any atom is -0.493 e. The Morgan fingerprint density at radius 2 is 1.58 bits per heavy atom. The number of oxime groups is 1. The number of hydrogen-bond donors (Lipinski definition) is 0. The molecule has 3 aromatic rings. The topological polar surface area (TPSA) is 101 Å². The SMILES string of the molecule is COc1ccc(/C(=N\OCC(=O)N2CCOCC2)c2nccc3cc(OC)c(OC)cc23)cc1OC. The summed E-state index contributed by atoms with van der Waals surface area (Å²) >= 11 is 0. The molecular formula is C26H29N3O7. The van der Waals surface area contributed by atoms with Crippen LogP contribution in [0.4, 0.5) is 0 Å². The molecule has 1 aliphatic rings. The first kappa shape index (κ1) is 25.1. The number of amides is 1. The molecule has 2 heterocycles. The maximum atomic E-state index is 12.6. The lowest BCUT2D eigenvalue weighted by atomic mass is 10.0. The average Bonchev–Trinajstić information content (AvgIpc) is 2.94. The van der Waals surface area contributed by atoms with Crippen molar-refractivity contribution in [3.8, 4) is 23.0 Å². The van der Waals surface area contributed by atoms with Crippen molar-refractivity contribution < 1.29 is 33.3 Å². The highest BCUT2D eigenvalue weighted by atomic mass is 16.6. The molecule has 1 saturated heterocycles. The number of benzene rings is 2. The highest BCUT2D eigenvalue weighted by molar-refractivity contribution is 6.18. The van der Waals surface area contributed by atoms with Crippen LogP contribution in [-0.4, -0.2) is 82.9 Å². The van der Waals surface area contributed by atoms with E-state index in [9.17, 15) is 4.79 Å². The molecule has 0 N–H and O–H groups in total. The number of carbonyl (C=O) groups excluding carboxylic acids is 1. The van der Waals surface area contributed by atoms with Crippen LogP contribution in [-0.2, 0) is 14.4 Å². The second-order valence-electron chi connectivity index (χ2n) is 7.86. The van der Waals surface area contributed by atoms with Gasteiger partial charge in [0.2, 0.25) is 0 Å². The monoisotopic (exact) mass is 495 g/mol. The molecular weight excluding hydrogens is 466 g/mol. The Labute approximate surface area is 209 Å². The predicted octanol–water partition coefficient (Wildman–Crippen LogP) is 2.90. The van der Waals surface area contributed by atoms with Crippen LogP contribution in [0.3, 0.4) is 0 Å². The molecule has 36 heavy (non-hydrogen) atoms. The van der Waals surface area contributed by atoms with Crippen LogP contribution < -0.4 is 18.9 Å². The molecule has 0 aliphatic carbocycles. The largest absolute Gasteiger partial charge is 0.493 e. The van der Waals surface area contributed by atoms with Crippen molar-refractivity contribution in [3.05, 3.63) is 53.9 Å². The van der Waals surface area contributed by atoms with Crippen molar-refractivity contribution in [1.82, 2.24) is 9.88 Å². The molecule has 1 fully saturated rings. The lowest BCUT2D eigenvalue weighted by molar-refractivity contribution is -0.140. The molecule has 2 aromatic carbocycles. The molecule has 0 radical (unpaired) electrons. The molecule has 4 rings (SSSR count). The number of aromatic nitrogens is 1. The zero-order chi connectivity index (χ0) is 25.5. The van der Waals surface area contributed by atoms with Gasteiger partial charge in [0.1, 0.15) is 11.4 Å². The number of carbonyl (C=O) groups is 1. The molecule has 0 saturated carbocycles. The van der Waals surface area contributed by atoms with Gasteiger partial charge in [0.05, 0.1) is 41.7 Å². The Morgan fingerprint density at radius 3 is 2.28 bits per heavy atom. The summed E-state index contributed by atoms with van der Waals surface area (Å²) in [5, 5.41) is 6.03. The minimum atomic E-state index is -0.210. The maximum Gasteiger partial charge on any atom is 0.263 e. The summed E-state index contributed by atoms with van der Waals surface area (Å²) in [5.74, 6) is 2.08. The lowest BCUT2D eigenvalue weighted by Crippen LogP contribution is -2.42. The van der Waals surface area contributed by atoms with Gasteiger partial charge < -0.3 is 33.4 Å². The predicted molar refractivity (Wildman–Crippen MR) is 133 cm³/mol. The first-order valence-electron chi connectivity index (χ1n) is 11.4. The van der Waals surface area contributed by atoms with Gasteiger partial charge in [-0.3, -0.25) is 9.78 Å². The summed E-state index contributed by atoms with van der Waals surface area (Å²) in [5.41, 5.74) is 1.63. The lowest BCUT2D eigenvalue weighted by Gasteiger charge is -2.26. The summed E-state index contributed by atoms with van der Waals surface area (Å²) in [4.78, 5) is 24.5. The van der Waals surface area contributed by atoms with Gasteiger partial charge in [0.15, 0.2) is 29.6 Å². The molecule has 0 atom stereocenters. The number of pyridine rings is 1. The van der Waals surface area contributed by atoms with Crippen molar-refractivity contribution in [2.45, 2.75) is 0 Å². The second-order valence-corrected chi connectivity index (χ2v) is 7.86. The van der Waals surface area contributed by atoms with Gasteiger partial charge >= 0.3 is 0 Å². The van der Waals surface area contributed by atoms with Crippen molar-refractivity contribution in [1.29, 1.82) is 0 Å². The second kappa shape index (κ2) is 11.6. The molecule has 0 spiro atoms. The number of fused-ring (bicyclic) bond motifs is 1. The Balaban J connectivity index is 1.77. The highest BCUT2D eigenvalue weighted by Crippen LogP contribution is 2.35. The number of nitrogens with zero attached hydrogens (tertiary/aromatic N) is 3. The number of methoxy groups -OCH3 is 4. The summed E-state index contributed by atoms with van der Waals surface area (Å²) in [6, 6.07) is 11.0. The van der Waals surface area contributed by atoms with Crippen LogP contribution in [0.5, 0.6) is 23.0 Å². The third kappa shape index (κ3) is 5.28. The van der Waals surface area contributed by atoms with E-state index in [0.717, 1.165) is 10.8 Å². The molecule has 1 amide bonds. The third-order valence-electron chi connectivity index (χ3n) is 5.86. The Hall–Kier alpha value is -4.05. The molecule has 190 valence electrons. The van der Waals surface area contributed by atoms with Crippen LogP contribution in [0.2, 0.25) is 0 Å². The summed E-state index contributed by atoms with van der Waals surface area (Å²) < 4.78 is 27.1. The van der Waals surface area contributed by atoms with E-state index in [1.54, 1.807) is 51.7 Å². The van der Waals surface area contributed by atoms with Crippen LogP contribution >= 0.6 is 0 Å². The van der Waals surface area contributed by atoms with Gasteiger partial charge in [-0.25, -0.2) is 0 Å². The van der Waals surface area contributed by atoms with E-state index >= 15 is 0 Å². The summed E-state index contributed by atoms with van der Waals surface area (Å²) in [6.45, 7) is 1.87. The van der Waals surface area contributed by atoms with Gasteiger partial charge in [-0.05, 0) is 41.8 Å². The zero-order valence-electron chi connectivity index (χ0n) is 20.8. The van der Waals surface area contributed by atoms with Crippen LogP contribution in [0.15, 0.2) is 47.8 Å². The minimum absolute atomic E-state index is 0.161. The Kier molecular flexibility index (Phi) is 8.06. The zero-order valence-corrected chi connectivity index (χ0v) is 20.8. The van der Waals surface area contributed by atoms with Crippen molar-refractivity contribution in [3.63, 3.8) is 0 Å². The van der Waals surface area contributed by atoms with Gasteiger partial charge in [-0.1, -0.05) is 5.16 Å². The van der Waals surface area contributed by atoms with Crippen molar-refractivity contribution >= 4 is 22.4 Å². The quantitative estimate of drug-likeness (QED) is 0.330. The van der Waals surface area contributed by atoms with Gasteiger partial charge in [-0.15, -0.1) is 0 Å². The van der Waals surface area contributed by atoms with Gasteiger partial charge in [0, 0.05) is 30.2 Å². The fraction of sp³-hybridized carbons (Fsp3) is 0.346. The average molecular weight is 496 g/mol. The molecule has 0 unspecified atom stereocenters. The summed E-state index contributed by atoms with van der Waals surface area (Å²) in [7, 11) is 6.28. The molecule has 10 nitrogen and oxygen atoms in total. The molecule has 1 aromatic heterocycles. The van der Waals surface area contributed by atoms with E-state index in [-0.39, 0.29) is 12.5 Å². The molecule has 0 bridgehead atoms. The van der Waals surface area contributed by atoms with E-state index in [1.807, 2.05) is 24.3 Å². The fourth-order valence-electron chi connectivity index (χ4n) is 3.96. The van der Waals surface area contributed by atoms with Crippen LogP contribution in [0.25, 0.3) is 10.8 Å². The summed E-state index contributed by atoms with van der Waals surface area (Å²) in [6.07, 6.45) is 1.68. The van der Waals surface area contributed by atoms with Crippen LogP contribution in [0, 0.1) is 0 Å². The molecule has 10 heteroatoms. The normalized spacial score (nSPS) is 13.9. The van der Waals surface area contributed by atoms with E-state index in [2.05, 4.69) is 10.1 Å². The number of morpholine rings is 1. The van der Waals surface area contributed by atoms with Crippen molar-refractivity contribution in [2.75, 3.05) is 61.3 Å². The number of rotatable bonds is 9. The maximum absolute atomic E-state index is 12.6. The first-order chi connectivity index (χ1) is 17.6. The number of ether oxygens (including phenoxy) is 5. The van der Waals surface area contributed by atoms with Crippen molar-refractivity contribution in [2.24, 2.45) is 5.16 Å². The number of hydrogen-bond acceptors (Lipinski definition) is 9. The molecule has 1 aliphatic heterocycles. The van der Waals surface area contributed by atoms with Gasteiger partial charge in [-0.2, -0.15) is 0 Å². The van der Waals surface area contributed by atoms with E-state index in [1.165, 1.54) is 0 Å². The Bertz CT molecular complexity index is 1260. The Morgan fingerprint density at radius 1 is 0.917 bits per heavy atom. The fourth-order valence-corrected chi connectivity index (χ4v) is 3.96. The highest BCUT2D eigenvalue weighted by Gasteiger charge is 2.20.